The molecule has 5 bridgehead atoms. The zero-order valence-electron chi connectivity index (χ0n) is 30.7. The van der Waals surface area contributed by atoms with Gasteiger partial charge in [-0.2, -0.15) is 0 Å². The minimum atomic E-state index is -1.98. The molecule has 0 fully saturated rings. The van der Waals surface area contributed by atoms with Crippen molar-refractivity contribution in [2.45, 2.75) is 85.6 Å². The van der Waals surface area contributed by atoms with Gasteiger partial charge in [0.1, 0.15) is 23.4 Å². The van der Waals surface area contributed by atoms with E-state index in [9.17, 15) is 39.9 Å². The summed E-state index contributed by atoms with van der Waals surface area (Å²) in [6.07, 6.45) is 3.62. The Morgan fingerprint density at radius 2 is 1.59 bits per heavy atom. The van der Waals surface area contributed by atoms with Gasteiger partial charge in [0, 0.05) is 67.2 Å². The van der Waals surface area contributed by atoms with E-state index >= 15 is 0 Å². The van der Waals surface area contributed by atoms with Crippen molar-refractivity contribution in [3.63, 3.8) is 0 Å². The number of methoxy groups -OCH3 is 1. The summed E-state index contributed by atoms with van der Waals surface area (Å²) in [4.78, 5) is 39.2. The van der Waals surface area contributed by atoms with Crippen LogP contribution in [0.25, 0.3) is 10.8 Å². The van der Waals surface area contributed by atoms with E-state index in [-0.39, 0.29) is 68.5 Å². The van der Waals surface area contributed by atoms with Gasteiger partial charge in [0.15, 0.2) is 5.75 Å². The van der Waals surface area contributed by atoms with Gasteiger partial charge in [-0.05, 0) is 19.9 Å². The van der Waals surface area contributed by atoms with E-state index in [2.05, 4.69) is 5.32 Å². The van der Waals surface area contributed by atoms with Crippen LogP contribution in [0.2, 0.25) is 0 Å². The molecule has 1 amide bonds. The van der Waals surface area contributed by atoms with E-state index in [0.717, 1.165) is 6.07 Å². The van der Waals surface area contributed by atoms with Gasteiger partial charge in [0.25, 0.3) is 11.7 Å². The summed E-state index contributed by atoms with van der Waals surface area (Å²) >= 11 is 0. The number of phenolic OH excluding ortho intramolecular Hbond substituents is 3. The van der Waals surface area contributed by atoms with Crippen molar-refractivity contribution in [3.8, 4) is 23.0 Å². The van der Waals surface area contributed by atoms with Crippen molar-refractivity contribution < 1.29 is 88.4 Å². The van der Waals surface area contributed by atoms with E-state index < -0.39 is 88.8 Å². The number of amides is 1. The number of ether oxygens (including phenoxy) is 4. The second kappa shape index (κ2) is 16.4. The molecule has 3 aliphatic heterocycles. The normalized spacial score (nSPS) is 32.6. The number of phenols is 3. The molecule has 5 rings (SSSR count). The first-order chi connectivity index (χ1) is 23.4. The van der Waals surface area contributed by atoms with Gasteiger partial charge in [0.05, 0.1) is 41.2 Å². The number of nitrogens with one attached hydrogen (secondary N) is 1. The Hall–Kier alpha value is -3.59. The number of esters is 1. The van der Waals surface area contributed by atoms with E-state index in [1.54, 1.807) is 39.8 Å². The van der Waals surface area contributed by atoms with E-state index in [4.69, 9.17) is 18.9 Å². The van der Waals surface area contributed by atoms with E-state index in [0.29, 0.717) is 0 Å². The third kappa shape index (κ3) is 8.08. The van der Waals surface area contributed by atoms with Crippen molar-refractivity contribution in [3.05, 3.63) is 53.3 Å². The number of fused-ring (bicyclic) bond motifs is 14. The van der Waals surface area contributed by atoms with Gasteiger partial charge >= 0.3 is 41.3 Å². The summed E-state index contributed by atoms with van der Waals surface area (Å²) in [6.45, 7) is 12.5. The second-order valence-electron chi connectivity index (χ2n) is 13.4. The van der Waals surface area contributed by atoms with Gasteiger partial charge in [-0.15, -0.1) is 0 Å². The second-order valence-corrected chi connectivity index (χ2v) is 13.4. The zero-order chi connectivity index (χ0) is 37.4. The molecule has 272 valence electrons. The Balaban J connectivity index is 0.00000702. The topological polar surface area (TPSA) is 201 Å². The summed E-state index contributed by atoms with van der Waals surface area (Å²) < 4.78 is 23.2. The van der Waals surface area contributed by atoms with Crippen LogP contribution < -0.4 is 39.6 Å². The first kappa shape index (κ1) is 41.8. The molecule has 2 aromatic rings. The van der Waals surface area contributed by atoms with Crippen molar-refractivity contribution in [1.82, 2.24) is 0 Å². The molecule has 0 aromatic heterocycles. The number of carbonyl (C=O) groups excluding carboxylic acids is 3. The number of carbonyl (C=O) groups is 3. The Morgan fingerprint density at radius 3 is 2.20 bits per heavy atom. The molecule has 0 saturated carbocycles. The number of rotatable bonds is 2. The largest absolute Gasteiger partial charge is 1.00 e. The Morgan fingerprint density at radius 1 is 0.941 bits per heavy atom. The summed E-state index contributed by atoms with van der Waals surface area (Å²) in [7, 11) is 1.43. The average Bonchev–Trinajstić information content (AvgIpc) is 3.33. The molecule has 6 N–H and O–H groups in total. The van der Waals surface area contributed by atoms with Crippen molar-refractivity contribution >= 4 is 34.1 Å². The Kier molecular flexibility index (Phi) is 13.4. The van der Waals surface area contributed by atoms with Crippen LogP contribution in [0.4, 0.5) is 5.69 Å². The molecule has 0 radical (unpaired) electrons. The standard InChI is InChI=1S/C37H47NO12.Na/c1-16-11-10-12-17(2)36(46)38-23-15-24(40)26-27(32(23)44)31(43)21(6)34-28(26)35(45)37(8,50-34)48-14-13-25(47-9)18(3)33(49-22(7)39)20(5)30(42)19(4)29(16)41;/h10-16,18-20,25,29-30,33,40-44H,1-9H3,(H,38,46);/q;+1/b11-10+,14-13+,17-12+;/t16-,18+,19+,20+,25-,29-,30+,33+,37-;/m0./s1. The number of benzene rings is 2. The molecular formula is C37H47NNaO12+. The number of Topliss-reactive ketones (excluding diaryl/α,β-unsaturated/α-hetero) is 1. The fourth-order valence-electron chi connectivity index (χ4n) is 6.65. The molecule has 3 heterocycles. The maximum Gasteiger partial charge on any atom is 1.00 e. The molecule has 13 nitrogen and oxygen atoms in total. The van der Waals surface area contributed by atoms with Crippen molar-refractivity contribution in [1.29, 1.82) is 0 Å². The first-order valence-corrected chi connectivity index (χ1v) is 16.4. The molecule has 0 saturated heterocycles. The molecule has 51 heavy (non-hydrogen) atoms. The van der Waals surface area contributed by atoms with Gasteiger partial charge in [-0.3, -0.25) is 14.4 Å². The van der Waals surface area contributed by atoms with Crippen LogP contribution in [-0.2, 0) is 23.8 Å². The van der Waals surface area contributed by atoms with E-state index in [1.165, 1.54) is 53.2 Å². The number of aliphatic hydroxyl groups excluding tert-OH is 2. The number of anilines is 1. The maximum atomic E-state index is 13.9. The predicted octanol–water partition coefficient (Wildman–Crippen LogP) is 1.76. The zero-order valence-corrected chi connectivity index (χ0v) is 32.7. The smallest absolute Gasteiger partial charge is 0.507 e. The first-order valence-electron chi connectivity index (χ1n) is 16.4. The average molecular weight is 721 g/mol. The van der Waals surface area contributed by atoms with Crippen LogP contribution in [0.1, 0.15) is 64.4 Å². The molecule has 9 atom stereocenters. The third-order valence-corrected chi connectivity index (χ3v) is 9.84. The van der Waals surface area contributed by atoms with E-state index in [1.807, 2.05) is 0 Å². The fraction of sp³-hybridized carbons (Fsp3) is 0.486. The molecule has 2 aromatic carbocycles. The van der Waals surface area contributed by atoms with Gasteiger partial charge in [0.2, 0.25) is 0 Å². The van der Waals surface area contributed by atoms with Crippen LogP contribution in [0, 0.1) is 30.6 Å². The molecular weight excluding hydrogens is 673 g/mol. The number of ketones is 1. The minimum absolute atomic E-state index is 0. The predicted molar refractivity (Wildman–Crippen MR) is 184 cm³/mol. The van der Waals surface area contributed by atoms with Crippen LogP contribution in [0.5, 0.6) is 23.0 Å². The van der Waals surface area contributed by atoms with Gasteiger partial charge < -0.3 is 49.8 Å². The van der Waals surface area contributed by atoms with Gasteiger partial charge in [-0.1, -0.05) is 45.9 Å². The van der Waals surface area contributed by atoms with Crippen molar-refractivity contribution in [2.24, 2.45) is 23.7 Å². The number of aromatic hydroxyl groups is 3. The SMILES string of the molecule is CO[C@H]1/C=C/O[C@@]2(C)Oc3c(C)c(O)c4c(O)c(cc(O)c4c3C2=O)NC(=O)/C(C)=C/C=C/[C@H](C)[C@H](O)[C@@H](C)[C@@H](O)[C@@H](C)[C@H](OC(C)=O)[C@@H]1C.[Na+]. The number of allylic oxidation sites excluding steroid dienone is 2. The maximum absolute atomic E-state index is 13.9. The number of aliphatic hydroxyl groups is 2. The molecule has 14 heteroatoms. The Labute approximate surface area is 319 Å². The summed E-state index contributed by atoms with van der Waals surface area (Å²) in [5, 5.41) is 58.2. The summed E-state index contributed by atoms with van der Waals surface area (Å²) in [5.74, 6) is -7.99. The molecule has 0 spiro atoms. The van der Waals surface area contributed by atoms with Crippen LogP contribution in [0.3, 0.4) is 0 Å². The number of hydrogen-bond donors (Lipinski definition) is 6. The van der Waals surface area contributed by atoms with Crippen LogP contribution in [0.15, 0.2) is 42.2 Å². The van der Waals surface area contributed by atoms with Crippen molar-refractivity contribution in [2.75, 3.05) is 12.4 Å². The summed E-state index contributed by atoms with van der Waals surface area (Å²) in [6, 6.07) is 1.06. The van der Waals surface area contributed by atoms with Crippen LogP contribution >= 0.6 is 0 Å². The number of hydrogen-bond acceptors (Lipinski definition) is 12. The molecule has 3 aliphatic rings. The third-order valence-electron chi connectivity index (χ3n) is 9.84. The quantitative estimate of drug-likeness (QED) is 0.114. The van der Waals surface area contributed by atoms with Gasteiger partial charge in [-0.25, -0.2) is 0 Å². The molecule has 0 aliphatic carbocycles. The summed E-state index contributed by atoms with van der Waals surface area (Å²) in [5.41, 5.74) is -0.0929. The van der Waals surface area contributed by atoms with Crippen LogP contribution in [-0.4, -0.2) is 80.5 Å². The fourth-order valence-corrected chi connectivity index (χ4v) is 6.65. The Bertz CT molecular complexity index is 1770. The minimum Gasteiger partial charge on any atom is -0.507 e. The monoisotopic (exact) mass is 720 g/mol. The molecule has 0 unspecified atom stereocenters.